The number of halogens is 2. The molecule has 0 amide bonds. The first-order chi connectivity index (χ1) is 8.52. The Bertz CT molecular complexity index is 610. The molecule has 1 heterocycles. The van der Waals surface area contributed by atoms with Crippen LogP contribution in [-0.2, 0) is 4.74 Å². The number of hydrogen-bond donors (Lipinski definition) is 1. The summed E-state index contributed by atoms with van der Waals surface area (Å²) in [5, 5.41) is 3.54. The Hall–Kier alpha value is -2.44. The monoisotopic (exact) mass is 254 g/mol. The molecule has 0 radical (unpaired) electrons. The number of nitrogens with two attached hydrogens (primary N) is 1. The van der Waals surface area contributed by atoms with Gasteiger partial charge in [0.1, 0.15) is 5.69 Å². The summed E-state index contributed by atoms with van der Waals surface area (Å²) >= 11 is 0. The van der Waals surface area contributed by atoms with Crippen molar-refractivity contribution in [1.29, 1.82) is 0 Å². The highest BCUT2D eigenvalue weighted by Gasteiger charge is 2.19. The van der Waals surface area contributed by atoms with Gasteiger partial charge in [-0.05, 0) is 12.1 Å². The topological polar surface area (TPSA) is 78.4 Å². The van der Waals surface area contributed by atoms with Crippen LogP contribution in [0.1, 0.15) is 10.4 Å². The van der Waals surface area contributed by atoms with Gasteiger partial charge in [0.2, 0.25) is 5.88 Å². The Kier molecular flexibility index (Phi) is 2.97. The summed E-state index contributed by atoms with van der Waals surface area (Å²) in [6.45, 7) is 0. The highest BCUT2D eigenvalue weighted by Crippen LogP contribution is 2.25. The molecule has 0 saturated heterocycles. The number of carbonyl (C=O) groups excluding carboxylic acids is 1. The van der Waals surface area contributed by atoms with Crippen LogP contribution in [0.15, 0.2) is 22.7 Å². The molecule has 18 heavy (non-hydrogen) atoms. The lowest BCUT2D eigenvalue weighted by atomic mass is 10.1. The second-order valence-corrected chi connectivity index (χ2v) is 3.43. The predicted octanol–water partition coefficient (Wildman–Crippen LogP) is 1.99. The Labute approximate surface area is 100 Å². The van der Waals surface area contributed by atoms with Crippen molar-refractivity contribution in [2.45, 2.75) is 0 Å². The van der Waals surface area contributed by atoms with Crippen molar-refractivity contribution in [2.24, 2.45) is 0 Å². The van der Waals surface area contributed by atoms with E-state index < -0.39 is 23.2 Å². The van der Waals surface area contributed by atoms with E-state index >= 15 is 0 Å². The van der Waals surface area contributed by atoms with Gasteiger partial charge in [-0.15, -0.1) is 0 Å². The summed E-state index contributed by atoms with van der Waals surface area (Å²) in [7, 11) is 1.07. The van der Waals surface area contributed by atoms with E-state index in [1.165, 1.54) is 6.07 Å². The standard InChI is InChI=1S/C11H8F2N2O3/c1-17-11(16)6-2-5(3-7(12)10(6)13)8-4-9(14)18-15-8/h2-4H,14H2,1H3. The lowest BCUT2D eigenvalue weighted by Crippen LogP contribution is -2.06. The number of carbonyl (C=O) groups is 1. The molecule has 0 bridgehead atoms. The van der Waals surface area contributed by atoms with Gasteiger partial charge in [-0.1, -0.05) is 5.16 Å². The summed E-state index contributed by atoms with van der Waals surface area (Å²) in [5.74, 6) is -3.42. The number of hydrogen-bond acceptors (Lipinski definition) is 5. The first kappa shape index (κ1) is 12.0. The molecule has 7 heteroatoms. The van der Waals surface area contributed by atoms with Gasteiger partial charge >= 0.3 is 5.97 Å². The number of nitrogens with zero attached hydrogens (tertiary/aromatic N) is 1. The van der Waals surface area contributed by atoms with Crippen LogP contribution in [0.4, 0.5) is 14.7 Å². The van der Waals surface area contributed by atoms with Crippen molar-refractivity contribution in [3.63, 3.8) is 0 Å². The maximum atomic E-state index is 13.4. The third-order valence-electron chi connectivity index (χ3n) is 2.26. The Morgan fingerprint density at radius 3 is 2.67 bits per heavy atom. The van der Waals surface area contributed by atoms with Crippen molar-refractivity contribution in [1.82, 2.24) is 5.16 Å². The minimum absolute atomic E-state index is 0.0225. The lowest BCUT2D eigenvalue weighted by Gasteiger charge is -2.04. The first-order valence-electron chi connectivity index (χ1n) is 4.83. The van der Waals surface area contributed by atoms with Crippen molar-refractivity contribution in [2.75, 3.05) is 12.8 Å². The number of ether oxygens (including phenoxy) is 1. The third-order valence-corrected chi connectivity index (χ3v) is 2.26. The zero-order valence-electron chi connectivity index (χ0n) is 9.24. The van der Waals surface area contributed by atoms with E-state index in [9.17, 15) is 13.6 Å². The normalized spacial score (nSPS) is 10.4. The van der Waals surface area contributed by atoms with Gasteiger partial charge in [0.05, 0.1) is 12.7 Å². The fourth-order valence-electron chi connectivity index (χ4n) is 1.42. The number of aromatic nitrogens is 1. The zero-order chi connectivity index (χ0) is 13.3. The molecule has 2 N–H and O–H groups in total. The second kappa shape index (κ2) is 4.44. The number of nitrogen functional groups attached to an aromatic ring is 1. The van der Waals surface area contributed by atoms with Crippen LogP contribution in [0.2, 0.25) is 0 Å². The van der Waals surface area contributed by atoms with Gasteiger partial charge in [-0.3, -0.25) is 0 Å². The Morgan fingerprint density at radius 2 is 2.11 bits per heavy atom. The number of esters is 1. The van der Waals surface area contributed by atoms with E-state index in [4.69, 9.17) is 5.73 Å². The van der Waals surface area contributed by atoms with Gasteiger partial charge in [0, 0.05) is 11.6 Å². The van der Waals surface area contributed by atoms with Crippen molar-refractivity contribution in [3.8, 4) is 11.3 Å². The van der Waals surface area contributed by atoms with Gasteiger partial charge < -0.3 is 15.0 Å². The molecule has 5 nitrogen and oxygen atoms in total. The van der Waals surface area contributed by atoms with Crippen LogP contribution in [0.25, 0.3) is 11.3 Å². The first-order valence-corrected chi connectivity index (χ1v) is 4.83. The zero-order valence-corrected chi connectivity index (χ0v) is 9.24. The van der Waals surface area contributed by atoms with E-state index in [2.05, 4.69) is 14.4 Å². The second-order valence-electron chi connectivity index (χ2n) is 3.43. The number of methoxy groups -OCH3 is 1. The Balaban J connectivity index is 2.57. The lowest BCUT2D eigenvalue weighted by molar-refractivity contribution is 0.0594. The van der Waals surface area contributed by atoms with Crippen molar-refractivity contribution >= 4 is 11.9 Å². The van der Waals surface area contributed by atoms with Crippen LogP contribution in [0.5, 0.6) is 0 Å². The SMILES string of the molecule is COC(=O)c1cc(-c2cc(N)on2)cc(F)c1F. The van der Waals surface area contributed by atoms with Crippen LogP contribution in [0, 0.1) is 11.6 Å². The van der Waals surface area contributed by atoms with Crippen LogP contribution in [0.3, 0.4) is 0 Å². The molecule has 0 spiro atoms. The molecular weight excluding hydrogens is 246 g/mol. The van der Waals surface area contributed by atoms with Crippen molar-refractivity contribution < 1.29 is 22.8 Å². The molecule has 0 unspecified atom stereocenters. The quantitative estimate of drug-likeness (QED) is 0.829. The average molecular weight is 254 g/mol. The largest absolute Gasteiger partial charge is 0.465 e. The highest BCUT2D eigenvalue weighted by atomic mass is 19.2. The molecule has 2 aromatic rings. The maximum Gasteiger partial charge on any atom is 0.340 e. The van der Waals surface area contributed by atoms with Crippen LogP contribution in [-0.4, -0.2) is 18.2 Å². The van der Waals surface area contributed by atoms with Crippen molar-refractivity contribution in [3.05, 3.63) is 35.4 Å². The van der Waals surface area contributed by atoms with Gasteiger partial charge in [-0.2, -0.15) is 0 Å². The molecule has 1 aromatic carbocycles. The number of anilines is 1. The smallest absolute Gasteiger partial charge is 0.340 e. The molecule has 0 saturated carbocycles. The van der Waals surface area contributed by atoms with Gasteiger partial charge in [0.15, 0.2) is 11.6 Å². The van der Waals surface area contributed by atoms with Crippen LogP contribution < -0.4 is 5.73 Å². The van der Waals surface area contributed by atoms with E-state index in [0.717, 1.165) is 19.2 Å². The molecule has 0 fully saturated rings. The molecule has 94 valence electrons. The summed E-state index contributed by atoms with van der Waals surface area (Å²) in [6.07, 6.45) is 0. The van der Waals surface area contributed by atoms with Crippen LogP contribution >= 0.6 is 0 Å². The van der Waals surface area contributed by atoms with E-state index in [0.29, 0.717) is 0 Å². The van der Waals surface area contributed by atoms with E-state index in [-0.39, 0.29) is 17.1 Å². The number of rotatable bonds is 2. The minimum atomic E-state index is -1.28. The Morgan fingerprint density at radius 1 is 1.39 bits per heavy atom. The van der Waals surface area contributed by atoms with E-state index in [1.807, 2.05) is 0 Å². The number of benzene rings is 1. The summed E-state index contributed by atoms with van der Waals surface area (Å²) in [5.41, 5.74) is 5.15. The summed E-state index contributed by atoms with van der Waals surface area (Å²) in [6, 6.07) is 3.33. The van der Waals surface area contributed by atoms with E-state index in [1.54, 1.807) is 0 Å². The maximum absolute atomic E-state index is 13.4. The van der Waals surface area contributed by atoms with Gasteiger partial charge in [-0.25, -0.2) is 13.6 Å². The fourth-order valence-corrected chi connectivity index (χ4v) is 1.42. The molecule has 0 aliphatic rings. The molecule has 2 rings (SSSR count). The minimum Gasteiger partial charge on any atom is -0.465 e. The molecular formula is C11H8F2N2O3. The fraction of sp³-hybridized carbons (Fsp3) is 0.0909. The van der Waals surface area contributed by atoms with Gasteiger partial charge in [0.25, 0.3) is 0 Å². The molecule has 0 atom stereocenters. The molecule has 1 aromatic heterocycles. The third kappa shape index (κ3) is 2.02. The average Bonchev–Trinajstić information content (AvgIpc) is 2.78. The molecule has 0 aliphatic carbocycles. The molecule has 0 aliphatic heterocycles. The summed E-state index contributed by atoms with van der Waals surface area (Å²) in [4.78, 5) is 11.3. The highest BCUT2D eigenvalue weighted by molar-refractivity contribution is 5.91. The predicted molar refractivity (Wildman–Crippen MR) is 57.6 cm³/mol. The summed E-state index contributed by atoms with van der Waals surface area (Å²) < 4.78 is 35.7.